The van der Waals surface area contributed by atoms with Crippen LogP contribution in [-0.2, 0) is 11.2 Å². The number of hydrogen-bond donors (Lipinski definition) is 4. The molecule has 0 aromatic heterocycles. The fraction of sp³-hybridized carbons (Fsp3) is 0.588. The average molecular weight is 339 g/mol. The summed E-state index contributed by atoms with van der Waals surface area (Å²) < 4.78 is 11.3. The fourth-order valence-corrected chi connectivity index (χ4v) is 2.46. The van der Waals surface area contributed by atoms with Gasteiger partial charge in [-0.2, -0.15) is 0 Å². The van der Waals surface area contributed by atoms with Crippen molar-refractivity contribution >= 4 is 5.91 Å². The SMILES string of the molecule is CCC(O)C(O)C(O)C(=O)NCCc1ccc2c(c1)OC(C)(C)O2. The minimum absolute atomic E-state index is 0.249. The molecule has 3 atom stereocenters. The number of benzene rings is 1. The summed E-state index contributed by atoms with van der Waals surface area (Å²) in [6, 6.07) is 5.54. The van der Waals surface area contributed by atoms with Gasteiger partial charge >= 0.3 is 0 Å². The third-order valence-corrected chi connectivity index (χ3v) is 3.84. The summed E-state index contributed by atoms with van der Waals surface area (Å²) in [4.78, 5) is 11.8. The zero-order valence-corrected chi connectivity index (χ0v) is 14.2. The zero-order valence-electron chi connectivity index (χ0n) is 14.2. The van der Waals surface area contributed by atoms with Crippen molar-refractivity contribution < 1.29 is 29.6 Å². The molecule has 0 saturated carbocycles. The van der Waals surface area contributed by atoms with Gasteiger partial charge in [-0.1, -0.05) is 13.0 Å². The van der Waals surface area contributed by atoms with Gasteiger partial charge in [0.1, 0.15) is 6.10 Å². The minimum Gasteiger partial charge on any atom is -0.449 e. The second-order valence-corrected chi connectivity index (χ2v) is 6.34. The summed E-state index contributed by atoms with van der Waals surface area (Å²) in [6.07, 6.45) is -3.51. The molecular formula is C17H25NO6. The molecule has 1 aromatic carbocycles. The van der Waals surface area contributed by atoms with Crippen molar-refractivity contribution in [2.45, 2.75) is 57.7 Å². The maximum atomic E-state index is 11.8. The third kappa shape index (κ3) is 4.37. The molecule has 1 aliphatic heterocycles. The molecule has 0 fully saturated rings. The number of amides is 1. The second kappa shape index (κ2) is 7.38. The Kier molecular flexibility index (Phi) is 5.69. The lowest BCUT2D eigenvalue weighted by molar-refractivity contribution is -0.140. The van der Waals surface area contributed by atoms with Crippen LogP contribution in [0.25, 0.3) is 0 Å². The Hall–Kier alpha value is -1.83. The van der Waals surface area contributed by atoms with E-state index in [2.05, 4.69) is 5.32 Å². The van der Waals surface area contributed by atoms with Crippen molar-refractivity contribution in [1.29, 1.82) is 0 Å². The molecule has 134 valence electrons. The molecule has 3 unspecified atom stereocenters. The highest BCUT2D eigenvalue weighted by Crippen LogP contribution is 2.39. The van der Waals surface area contributed by atoms with Crippen LogP contribution in [0.15, 0.2) is 18.2 Å². The summed E-state index contributed by atoms with van der Waals surface area (Å²) in [7, 11) is 0. The highest BCUT2D eigenvalue weighted by Gasteiger charge is 2.32. The lowest BCUT2D eigenvalue weighted by Crippen LogP contribution is -2.47. The fourth-order valence-electron chi connectivity index (χ4n) is 2.46. The van der Waals surface area contributed by atoms with Crippen LogP contribution in [0.1, 0.15) is 32.8 Å². The van der Waals surface area contributed by atoms with E-state index in [9.17, 15) is 20.1 Å². The topological polar surface area (TPSA) is 108 Å². The number of fused-ring (bicyclic) bond motifs is 1. The van der Waals surface area contributed by atoms with Gasteiger partial charge in [-0.05, 0) is 30.5 Å². The van der Waals surface area contributed by atoms with Gasteiger partial charge in [-0.15, -0.1) is 0 Å². The lowest BCUT2D eigenvalue weighted by Gasteiger charge is -2.21. The van der Waals surface area contributed by atoms with Crippen molar-refractivity contribution in [1.82, 2.24) is 5.32 Å². The van der Waals surface area contributed by atoms with E-state index in [0.717, 1.165) is 5.56 Å². The van der Waals surface area contributed by atoms with E-state index < -0.39 is 30.0 Å². The molecule has 0 saturated heterocycles. The molecule has 7 heteroatoms. The van der Waals surface area contributed by atoms with Crippen LogP contribution in [-0.4, -0.2) is 51.9 Å². The molecule has 0 radical (unpaired) electrons. The molecule has 1 aliphatic rings. The Labute approximate surface area is 141 Å². The van der Waals surface area contributed by atoms with Gasteiger partial charge in [0.05, 0.1) is 6.10 Å². The van der Waals surface area contributed by atoms with E-state index in [1.54, 1.807) is 6.92 Å². The first-order valence-corrected chi connectivity index (χ1v) is 8.06. The van der Waals surface area contributed by atoms with Gasteiger partial charge < -0.3 is 30.1 Å². The molecular weight excluding hydrogens is 314 g/mol. The van der Waals surface area contributed by atoms with Gasteiger partial charge in [0, 0.05) is 20.4 Å². The normalized spacial score (nSPS) is 18.8. The molecule has 0 aliphatic carbocycles. The summed E-state index contributed by atoms with van der Waals surface area (Å²) in [5.41, 5.74) is 0.944. The van der Waals surface area contributed by atoms with E-state index in [1.807, 2.05) is 32.0 Å². The molecule has 2 rings (SSSR count). The number of hydrogen-bond acceptors (Lipinski definition) is 6. The first kappa shape index (κ1) is 18.5. The average Bonchev–Trinajstić information content (AvgIpc) is 2.85. The summed E-state index contributed by atoms with van der Waals surface area (Å²) in [5.74, 6) is -0.0580. The predicted molar refractivity (Wildman–Crippen MR) is 86.8 cm³/mol. The highest BCUT2D eigenvalue weighted by atomic mass is 16.7. The zero-order chi connectivity index (χ0) is 17.9. The van der Waals surface area contributed by atoms with Crippen LogP contribution in [0.2, 0.25) is 0 Å². The van der Waals surface area contributed by atoms with Crippen molar-refractivity contribution in [2.24, 2.45) is 0 Å². The number of ether oxygens (including phenoxy) is 2. The van der Waals surface area contributed by atoms with Gasteiger partial charge in [-0.3, -0.25) is 4.79 Å². The summed E-state index contributed by atoms with van der Waals surface area (Å²) in [6.45, 7) is 5.59. The first-order chi connectivity index (χ1) is 11.2. The lowest BCUT2D eigenvalue weighted by atomic mass is 10.1. The number of carbonyl (C=O) groups excluding carboxylic acids is 1. The van der Waals surface area contributed by atoms with E-state index in [1.165, 1.54) is 0 Å². The number of nitrogens with one attached hydrogen (secondary N) is 1. The van der Waals surface area contributed by atoms with Crippen LogP contribution in [0.3, 0.4) is 0 Å². The standard InChI is InChI=1S/C17H25NO6/c1-4-11(19)14(20)15(21)16(22)18-8-7-10-5-6-12-13(9-10)24-17(2,3)23-12/h5-6,9,11,14-15,19-21H,4,7-8H2,1-3H3,(H,18,22). The van der Waals surface area contributed by atoms with Crippen molar-refractivity contribution in [3.63, 3.8) is 0 Å². The number of aliphatic hydroxyl groups is 3. The Morgan fingerprint density at radius 3 is 2.54 bits per heavy atom. The van der Waals surface area contributed by atoms with E-state index in [0.29, 0.717) is 17.9 Å². The molecule has 1 amide bonds. The summed E-state index contributed by atoms with van der Waals surface area (Å²) in [5, 5.41) is 31.4. The van der Waals surface area contributed by atoms with Crippen LogP contribution in [0.4, 0.5) is 0 Å². The Morgan fingerprint density at radius 2 is 1.88 bits per heavy atom. The van der Waals surface area contributed by atoms with Crippen LogP contribution < -0.4 is 14.8 Å². The molecule has 1 aromatic rings. The quantitative estimate of drug-likeness (QED) is 0.571. The maximum absolute atomic E-state index is 11.8. The van der Waals surface area contributed by atoms with Crippen LogP contribution in [0.5, 0.6) is 11.5 Å². The molecule has 1 heterocycles. The number of rotatable bonds is 7. The molecule has 4 N–H and O–H groups in total. The molecule has 0 spiro atoms. The highest BCUT2D eigenvalue weighted by molar-refractivity contribution is 5.81. The smallest absolute Gasteiger partial charge is 0.251 e. The van der Waals surface area contributed by atoms with Crippen molar-refractivity contribution in [2.75, 3.05) is 6.54 Å². The van der Waals surface area contributed by atoms with Gasteiger partial charge in [-0.25, -0.2) is 0 Å². The Balaban J connectivity index is 1.84. The van der Waals surface area contributed by atoms with Gasteiger partial charge in [0.15, 0.2) is 17.6 Å². The molecule has 0 bridgehead atoms. The van der Waals surface area contributed by atoms with Gasteiger partial charge in [0.2, 0.25) is 5.79 Å². The maximum Gasteiger partial charge on any atom is 0.251 e. The van der Waals surface area contributed by atoms with E-state index in [-0.39, 0.29) is 13.0 Å². The third-order valence-electron chi connectivity index (χ3n) is 3.84. The largest absolute Gasteiger partial charge is 0.449 e. The second-order valence-electron chi connectivity index (χ2n) is 6.34. The Bertz CT molecular complexity index is 588. The summed E-state index contributed by atoms with van der Waals surface area (Å²) >= 11 is 0. The Morgan fingerprint density at radius 1 is 1.21 bits per heavy atom. The monoisotopic (exact) mass is 339 g/mol. The van der Waals surface area contributed by atoms with Gasteiger partial charge in [0.25, 0.3) is 5.91 Å². The molecule has 7 nitrogen and oxygen atoms in total. The number of aliphatic hydroxyl groups excluding tert-OH is 3. The first-order valence-electron chi connectivity index (χ1n) is 8.06. The van der Waals surface area contributed by atoms with Crippen LogP contribution in [0, 0.1) is 0 Å². The van der Waals surface area contributed by atoms with Crippen molar-refractivity contribution in [3.05, 3.63) is 23.8 Å². The predicted octanol–water partition coefficient (Wildman–Crippen LogP) is 0.345. The minimum atomic E-state index is -1.66. The van der Waals surface area contributed by atoms with Crippen LogP contribution >= 0.6 is 0 Å². The number of carbonyl (C=O) groups is 1. The van der Waals surface area contributed by atoms with E-state index >= 15 is 0 Å². The van der Waals surface area contributed by atoms with E-state index in [4.69, 9.17) is 9.47 Å². The van der Waals surface area contributed by atoms with Crippen molar-refractivity contribution in [3.8, 4) is 11.5 Å². The molecule has 24 heavy (non-hydrogen) atoms.